The van der Waals surface area contributed by atoms with Crippen molar-refractivity contribution in [3.8, 4) is 0 Å². The molecule has 1 aliphatic carbocycles. The monoisotopic (exact) mass is 248 g/mol. The molecule has 1 atom stereocenters. The van der Waals surface area contributed by atoms with Crippen molar-refractivity contribution in [1.82, 2.24) is 0 Å². The predicted octanol–water partition coefficient (Wildman–Crippen LogP) is 4.15. The molecule has 0 amide bonds. The molecule has 3 rings (SSSR count). The van der Waals surface area contributed by atoms with Crippen LogP contribution in [-0.2, 0) is 6.42 Å². The highest BCUT2D eigenvalue weighted by molar-refractivity contribution is 6.02. The van der Waals surface area contributed by atoms with Gasteiger partial charge in [0.05, 0.1) is 0 Å². The minimum absolute atomic E-state index is 0.123. The van der Waals surface area contributed by atoms with Crippen molar-refractivity contribution >= 4 is 11.9 Å². The summed E-state index contributed by atoms with van der Waals surface area (Å²) in [5.41, 5.74) is 3.30. The molecule has 1 aliphatic rings. The Hall–Kier alpha value is -2.15. The minimum Gasteiger partial charge on any atom is -0.294 e. The third-order valence-electron chi connectivity index (χ3n) is 3.65. The molecule has 2 aromatic rings. The van der Waals surface area contributed by atoms with Crippen molar-refractivity contribution in [3.05, 3.63) is 77.4 Å². The van der Waals surface area contributed by atoms with Crippen LogP contribution in [-0.4, -0.2) is 5.78 Å². The maximum absolute atomic E-state index is 12.2. The van der Waals surface area contributed by atoms with Crippen molar-refractivity contribution in [3.63, 3.8) is 0 Å². The van der Waals surface area contributed by atoms with Gasteiger partial charge in [-0.2, -0.15) is 0 Å². The molecule has 0 radical (unpaired) electrons. The van der Waals surface area contributed by atoms with E-state index >= 15 is 0 Å². The molecule has 0 aliphatic heterocycles. The molecule has 94 valence electrons. The first-order chi connectivity index (χ1) is 9.34. The highest BCUT2D eigenvalue weighted by Crippen LogP contribution is 2.28. The fraction of sp³-hybridized carbons (Fsp3) is 0.167. The van der Waals surface area contributed by atoms with Crippen molar-refractivity contribution in [2.75, 3.05) is 0 Å². The summed E-state index contributed by atoms with van der Waals surface area (Å²) in [5, 5.41) is 0. The number of benzene rings is 2. The number of carbonyl (C=O) groups excluding carboxylic acids is 1. The lowest BCUT2D eigenvalue weighted by molar-refractivity contribution is 0.0938. The Morgan fingerprint density at radius 3 is 2.53 bits per heavy atom. The Morgan fingerprint density at radius 2 is 1.74 bits per heavy atom. The molecule has 2 aromatic carbocycles. The summed E-state index contributed by atoms with van der Waals surface area (Å²) in [7, 11) is 0. The first-order valence-corrected chi connectivity index (χ1v) is 6.68. The highest BCUT2D eigenvalue weighted by Gasteiger charge is 2.28. The zero-order valence-corrected chi connectivity index (χ0v) is 10.8. The number of Topliss-reactive ketones (excluding diaryl/α,β-unsaturated/α-hetero) is 1. The van der Waals surface area contributed by atoms with Crippen molar-refractivity contribution in [1.29, 1.82) is 0 Å². The van der Waals surface area contributed by atoms with E-state index < -0.39 is 0 Å². The number of ketones is 1. The Bertz CT molecular complexity index is 611. The second kappa shape index (κ2) is 5.23. The van der Waals surface area contributed by atoms with Gasteiger partial charge in [0.15, 0.2) is 5.78 Å². The molecule has 0 fully saturated rings. The Labute approximate surface area is 113 Å². The first-order valence-electron chi connectivity index (χ1n) is 6.68. The third kappa shape index (κ3) is 2.50. The maximum Gasteiger partial charge on any atom is 0.166 e. The van der Waals surface area contributed by atoms with Gasteiger partial charge in [-0.3, -0.25) is 4.79 Å². The lowest BCUT2D eigenvalue weighted by Crippen LogP contribution is -2.07. The Balaban J connectivity index is 1.67. The Morgan fingerprint density at radius 1 is 1.00 bits per heavy atom. The number of carbonyl (C=O) groups is 1. The molecule has 0 aromatic heterocycles. The van der Waals surface area contributed by atoms with Gasteiger partial charge in [0, 0.05) is 11.5 Å². The van der Waals surface area contributed by atoms with Gasteiger partial charge in [-0.05, 0) is 24.0 Å². The largest absolute Gasteiger partial charge is 0.294 e. The molecule has 0 bridgehead atoms. The summed E-state index contributed by atoms with van der Waals surface area (Å²) < 4.78 is 0. The van der Waals surface area contributed by atoms with E-state index in [1.165, 1.54) is 11.1 Å². The van der Waals surface area contributed by atoms with Gasteiger partial charge in [0.1, 0.15) is 0 Å². The van der Waals surface area contributed by atoms with Crippen LogP contribution in [0.4, 0.5) is 0 Å². The van der Waals surface area contributed by atoms with Gasteiger partial charge < -0.3 is 0 Å². The van der Waals surface area contributed by atoms with Gasteiger partial charge in [0.2, 0.25) is 0 Å². The number of hydrogen-bond donors (Lipinski definition) is 0. The quantitative estimate of drug-likeness (QED) is 0.797. The number of hydrogen-bond acceptors (Lipinski definition) is 1. The summed E-state index contributed by atoms with van der Waals surface area (Å²) in [5.74, 6) is 0.422. The van der Waals surface area contributed by atoms with Crippen LogP contribution in [0.5, 0.6) is 0 Å². The van der Waals surface area contributed by atoms with E-state index in [0.29, 0.717) is 5.78 Å². The topological polar surface area (TPSA) is 17.1 Å². The van der Waals surface area contributed by atoms with E-state index in [9.17, 15) is 4.79 Å². The van der Waals surface area contributed by atoms with Crippen LogP contribution in [0.25, 0.3) is 6.08 Å². The van der Waals surface area contributed by atoms with E-state index in [-0.39, 0.29) is 5.92 Å². The average Bonchev–Trinajstić information content (AvgIpc) is 2.78. The lowest BCUT2D eigenvalue weighted by Gasteiger charge is -2.02. The molecular formula is C18H16O. The molecule has 0 heterocycles. The number of rotatable bonds is 3. The molecule has 1 nitrogen and oxygen atoms in total. The second-order valence-corrected chi connectivity index (χ2v) is 4.97. The van der Waals surface area contributed by atoms with E-state index in [2.05, 4.69) is 30.4 Å². The average molecular weight is 248 g/mol. The van der Waals surface area contributed by atoms with Crippen LogP contribution < -0.4 is 0 Å². The number of fused-ring (bicyclic) bond motifs is 1. The van der Waals surface area contributed by atoms with E-state index in [1.807, 2.05) is 36.4 Å². The summed E-state index contributed by atoms with van der Waals surface area (Å²) in [6.07, 6.45) is 5.91. The Kier molecular flexibility index (Phi) is 3.28. The summed E-state index contributed by atoms with van der Waals surface area (Å²) >= 11 is 0. The fourth-order valence-electron chi connectivity index (χ4n) is 2.64. The van der Waals surface area contributed by atoms with Gasteiger partial charge in [-0.15, -0.1) is 0 Å². The zero-order valence-electron chi connectivity index (χ0n) is 10.8. The predicted molar refractivity (Wildman–Crippen MR) is 78.1 cm³/mol. The van der Waals surface area contributed by atoms with Crippen LogP contribution in [0, 0.1) is 5.92 Å². The highest BCUT2D eigenvalue weighted by atomic mass is 16.1. The van der Waals surface area contributed by atoms with Gasteiger partial charge in [-0.1, -0.05) is 66.7 Å². The van der Waals surface area contributed by atoms with Crippen LogP contribution in [0.3, 0.4) is 0 Å². The van der Waals surface area contributed by atoms with Gasteiger partial charge in [-0.25, -0.2) is 0 Å². The van der Waals surface area contributed by atoms with E-state index in [1.54, 1.807) is 0 Å². The van der Waals surface area contributed by atoms with Crippen molar-refractivity contribution in [2.45, 2.75) is 12.8 Å². The van der Waals surface area contributed by atoms with Gasteiger partial charge in [0.25, 0.3) is 0 Å². The van der Waals surface area contributed by atoms with E-state index in [4.69, 9.17) is 0 Å². The van der Waals surface area contributed by atoms with Crippen LogP contribution in [0.15, 0.2) is 60.7 Å². The molecule has 1 heteroatoms. The molecule has 0 saturated carbocycles. The maximum atomic E-state index is 12.2. The van der Waals surface area contributed by atoms with Crippen molar-refractivity contribution < 1.29 is 4.79 Å². The first kappa shape index (κ1) is 11.9. The fourth-order valence-corrected chi connectivity index (χ4v) is 2.64. The smallest absolute Gasteiger partial charge is 0.166 e. The molecule has 0 spiro atoms. The molecule has 0 saturated heterocycles. The van der Waals surface area contributed by atoms with Crippen LogP contribution in [0.2, 0.25) is 0 Å². The second-order valence-electron chi connectivity index (χ2n) is 4.97. The zero-order chi connectivity index (χ0) is 13.1. The van der Waals surface area contributed by atoms with Crippen molar-refractivity contribution in [2.24, 2.45) is 5.92 Å². The summed E-state index contributed by atoms with van der Waals surface area (Å²) in [4.78, 5) is 12.2. The lowest BCUT2D eigenvalue weighted by atomic mass is 10.0. The molecule has 19 heavy (non-hydrogen) atoms. The molecule has 0 N–H and O–H groups in total. The molecular weight excluding hydrogens is 232 g/mol. The van der Waals surface area contributed by atoms with Crippen LogP contribution >= 0.6 is 0 Å². The van der Waals surface area contributed by atoms with E-state index in [0.717, 1.165) is 18.4 Å². The molecule has 1 unspecified atom stereocenters. The number of allylic oxidation sites excluding steroid dienone is 1. The SMILES string of the molecule is O=C1c2ccccc2CC1C/C=C/c1ccccc1. The third-order valence-corrected chi connectivity index (χ3v) is 3.65. The minimum atomic E-state index is 0.123. The van der Waals surface area contributed by atoms with Crippen LogP contribution in [0.1, 0.15) is 27.9 Å². The van der Waals surface area contributed by atoms with Gasteiger partial charge >= 0.3 is 0 Å². The standard InChI is InChI=1S/C18H16O/c19-18-16(13-15-10-4-5-12-17(15)18)11-6-9-14-7-2-1-3-8-14/h1-10,12,16H,11,13H2/b9-6+. The normalized spacial score (nSPS) is 17.9. The summed E-state index contributed by atoms with van der Waals surface area (Å²) in [6.45, 7) is 0. The summed E-state index contributed by atoms with van der Waals surface area (Å²) in [6, 6.07) is 18.2.